The number of nitrogens with zero attached hydrogens (tertiary/aromatic N) is 1. The maximum atomic E-state index is 12.0. The lowest BCUT2D eigenvalue weighted by Gasteiger charge is -2.34. The first-order valence-electron chi connectivity index (χ1n) is 7.48. The van der Waals surface area contributed by atoms with Gasteiger partial charge in [-0.3, -0.25) is 4.79 Å². The number of carbonyl (C=O) groups is 2. The summed E-state index contributed by atoms with van der Waals surface area (Å²) in [6, 6.07) is -0.253. The average Bonchev–Trinajstić information content (AvgIpc) is 2.30. The van der Waals surface area contributed by atoms with Crippen molar-refractivity contribution in [3.8, 4) is 0 Å². The number of hydrogen-bond acceptors (Lipinski definition) is 3. The highest BCUT2D eigenvalue weighted by atomic mass is 16.4. The van der Waals surface area contributed by atoms with Crippen LogP contribution in [-0.2, 0) is 4.79 Å². The molecule has 3 N–H and O–H groups in total. The van der Waals surface area contributed by atoms with E-state index in [9.17, 15) is 19.8 Å². The summed E-state index contributed by atoms with van der Waals surface area (Å²) < 4.78 is 0. The molecule has 21 heavy (non-hydrogen) atoms. The third-order valence-corrected chi connectivity index (χ3v) is 3.80. The standard InChI is InChI=1S/C15H28N2O4/c1-15(2,3)7-11(13(19)20)8-16-14(21)17(4)9-10-5-12(18)6-10/h10-12,18H,5-9H2,1-4H3,(H,16,21)(H,19,20). The molecule has 6 nitrogen and oxygen atoms in total. The quantitative estimate of drug-likeness (QED) is 0.694. The Morgan fingerprint density at radius 1 is 1.33 bits per heavy atom. The predicted molar refractivity (Wildman–Crippen MR) is 80.0 cm³/mol. The number of carbonyl (C=O) groups excluding carboxylic acids is 1. The largest absolute Gasteiger partial charge is 0.481 e. The highest BCUT2D eigenvalue weighted by Crippen LogP contribution is 2.27. The van der Waals surface area contributed by atoms with Gasteiger partial charge in [0.2, 0.25) is 0 Å². The zero-order valence-electron chi connectivity index (χ0n) is 13.4. The molecule has 1 unspecified atom stereocenters. The molecule has 0 bridgehead atoms. The number of urea groups is 1. The van der Waals surface area contributed by atoms with Gasteiger partial charge in [0.05, 0.1) is 12.0 Å². The molecule has 6 heteroatoms. The molecule has 122 valence electrons. The lowest BCUT2D eigenvalue weighted by molar-refractivity contribution is -0.142. The molecule has 0 aromatic carbocycles. The molecule has 1 fully saturated rings. The molecule has 1 aliphatic rings. The van der Waals surface area contributed by atoms with Crippen LogP contribution in [0.2, 0.25) is 0 Å². The number of amides is 2. The molecular formula is C15H28N2O4. The van der Waals surface area contributed by atoms with Crippen LogP contribution in [0.5, 0.6) is 0 Å². The van der Waals surface area contributed by atoms with Crippen molar-refractivity contribution in [3.63, 3.8) is 0 Å². The number of carboxylic acid groups (broad SMARTS) is 1. The number of hydrogen-bond donors (Lipinski definition) is 3. The van der Waals surface area contributed by atoms with E-state index in [1.807, 2.05) is 20.8 Å². The van der Waals surface area contributed by atoms with E-state index in [1.54, 1.807) is 11.9 Å². The summed E-state index contributed by atoms with van der Waals surface area (Å²) >= 11 is 0. The molecule has 0 heterocycles. The van der Waals surface area contributed by atoms with Gasteiger partial charge in [0.25, 0.3) is 0 Å². The Kier molecular flexibility index (Phi) is 6.01. The van der Waals surface area contributed by atoms with Crippen LogP contribution in [0.4, 0.5) is 4.79 Å². The van der Waals surface area contributed by atoms with Crippen LogP contribution in [0.25, 0.3) is 0 Å². The number of nitrogens with one attached hydrogen (secondary N) is 1. The molecule has 2 amide bonds. The fourth-order valence-corrected chi connectivity index (χ4v) is 2.65. The summed E-state index contributed by atoms with van der Waals surface area (Å²) in [5.74, 6) is -1.11. The second kappa shape index (κ2) is 7.11. The van der Waals surface area contributed by atoms with E-state index in [0.29, 0.717) is 18.9 Å². The van der Waals surface area contributed by atoms with Crippen LogP contribution in [0.1, 0.15) is 40.0 Å². The lowest BCUT2D eigenvalue weighted by atomic mass is 9.82. The Bertz CT molecular complexity index is 372. The summed E-state index contributed by atoms with van der Waals surface area (Å²) in [6.45, 7) is 6.69. The molecule has 0 radical (unpaired) electrons. The van der Waals surface area contributed by atoms with E-state index >= 15 is 0 Å². The van der Waals surface area contributed by atoms with E-state index < -0.39 is 11.9 Å². The van der Waals surface area contributed by atoms with Gasteiger partial charge < -0.3 is 20.4 Å². The summed E-state index contributed by atoms with van der Waals surface area (Å²) in [5, 5.41) is 21.1. The average molecular weight is 300 g/mol. The van der Waals surface area contributed by atoms with Crippen molar-refractivity contribution in [1.82, 2.24) is 10.2 Å². The zero-order valence-corrected chi connectivity index (χ0v) is 13.4. The molecule has 0 aromatic heterocycles. The summed E-state index contributed by atoms with van der Waals surface area (Å²) in [5.41, 5.74) is -0.0955. The molecule has 1 saturated carbocycles. The predicted octanol–water partition coefficient (Wildman–Crippen LogP) is 1.54. The monoisotopic (exact) mass is 300 g/mol. The summed E-state index contributed by atoms with van der Waals surface area (Å²) in [4.78, 5) is 24.8. The van der Waals surface area contributed by atoms with Gasteiger partial charge in [-0.2, -0.15) is 0 Å². The van der Waals surface area contributed by atoms with Gasteiger partial charge in [-0.05, 0) is 30.6 Å². The van der Waals surface area contributed by atoms with E-state index in [-0.39, 0.29) is 24.1 Å². The van der Waals surface area contributed by atoms with Gasteiger partial charge >= 0.3 is 12.0 Å². The van der Waals surface area contributed by atoms with Gasteiger partial charge in [0.15, 0.2) is 0 Å². The molecule has 0 aliphatic heterocycles. The first-order chi connectivity index (χ1) is 9.58. The molecule has 1 atom stereocenters. The lowest BCUT2D eigenvalue weighted by Crippen LogP contribution is -2.45. The highest BCUT2D eigenvalue weighted by molar-refractivity contribution is 5.75. The number of aliphatic hydroxyl groups is 1. The van der Waals surface area contributed by atoms with Gasteiger partial charge in [0.1, 0.15) is 0 Å². The number of aliphatic carboxylic acids is 1. The van der Waals surface area contributed by atoms with E-state index in [4.69, 9.17) is 0 Å². The minimum absolute atomic E-state index is 0.0955. The Labute approximate surface area is 126 Å². The van der Waals surface area contributed by atoms with E-state index in [0.717, 1.165) is 12.8 Å². The van der Waals surface area contributed by atoms with Crippen LogP contribution >= 0.6 is 0 Å². The van der Waals surface area contributed by atoms with E-state index in [2.05, 4.69) is 5.32 Å². The van der Waals surface area contributed by atoms with Crippen molar-refractivity contribution < 1.29 is 19.8 Å². The minimum atomic E-state index is -0.880. The summed E-state index contributed by atoms with van der Waals surface area (Å²) in [7, 11) is 1.69. The van der Waals surface area contributed by atoms with Crippen molar-refractivity contribution in [1.29, 1.82) is 0 Å². The Hall–Kier alpha value is -1.30. The first kappa shape index (κ1) is 17.8. The molecule has 1 aliphatic carbocycles. The molecule has 1 rings (SSSR count). The van der Waals surface area contributed by atoms with Crippen molar-refractivity contribution in [3.05, 3.63) is 0 Å². The minimum Gasteiger partial charge on any atom is -0.481 e. The number of aliphatic hydroxyl groups excluding tert-OH is 1. The van der Waals surface area contributed by atoms with Crippen LogP contribution < -0.4 is 5.32 Å². The first-order valence-corrected chi connectivity index (χ1v) is 7.48. The Morgan fingerprint density at radius 2 is 1.90 bits per heavy atom. The number of rotatable bonds is 6. The third kappa shape index (κ3) is 6.33. The van der Waals surface area contributed by atoms with E-state index in [1.165, 1.54) is 0 Å². The summed E-state index contributed by atoms with van der Waals surface area (Å²) in [6.07, 6.45) is 1.76. The Morgan fingerprint density at radius 3 is 2.33 bits per heavy atom. The van der Waals surface area contributed by atoms with Crippen LogP contribution in [0.3, 0.4) is 0 Å². The fourth-order valence-electron chi connectivity index (χ4n) is 2.65. The van der Waals surface area contributed by atoms with Crippen LogP contribution in [0, 0.1) is 17.3 Å². The Balaban J connectivity index is 2.36. The van der Waals surface area contributed by atoms with Gasteiger partial charge in [-0.15, -0.1) is 0 Å². The maximum absolute atomic E-state index is 12.0. The SMILES string of the molecule is CN(CC1CC(O)C1)C(=O)NCC(CC(C)(C)C)C(=O)O. The molecule has 0 saturated heterocycles. The molecule has 0 spiro atoms. The fraction of sp³-hybridized carbons (Fsp3) is 0.867. The van der Waals surface area contributed by atoms with Gasteiger partial charge in [0, 0.05) is 20.1 Å². The van der Waals surface area contributed by atoms with Crippen molar-refractivity contribution in [2.45, 2.75) is 46.1 Å². The topological polar surface area (TPSA) is 89.9 Å². The zero-order chi connectivity index (χ0) is 16.2. The van der Waals surface area contributed by atoms with Crippen molar-refractivity contribution in [2.75, 3.05) is 20.1 Å². The van der Waals surface area contributed by atoms with Gasteiger partial charge in [-0.1, -0.05) is 20.8 Å². The maximum Gasteiger partial charge on any atom is 0.317 e. The van der Waals surface area contributed by atoms with Gasteiger partial charge in [-0.25, -0.2) is 4.79 Å². The highest BCUT2D eigenvalue weighted by Gasteiger charge is 2.30. The normalized spacial score (nSPS) is 23.1. The smallest absolute Gasteiger partial charge is 0.317 e. The van der Waals surface area contributed by atoms with Crippen LogP contribution in [-0.4, -0.2) is 53.4 Å². The van der Waals surface area contributed by atoms with Crippen molar-refractivity contribution >= 4 is 12.0 Å². The van der Waals surface area contributed by atoms with Crippen molar-refractivity contribution in [2.24, 2.45) is 17.3 Å². The third-order valence-electron chi connectivity index (χ3n) is 3.80. The molecule has 0 aromatic rings. The second-order valence-electron chi connectivity index (χ2n) is 7.36. The molecular weight excluding hydrogens is 272 g/mol. The number of carboxylic acids is 1. The van der Waals surface area contributed by atoms with Crippen LogP contribution in [0.15, 0.2) is 0 Å². The second-order valence-corrected chi connectivity index (χ2v) is 7.36.